The molecule has 2 N–H and O–H groups in total. The van der Waals surface area contributed by atoms with E-state index in [0.717, 1.165) is 32.6 Å². The van der Waals surface area contributed by atoms with Gasteiger partial charge in [-0.15, -0.1) is 0 Å². The van der Waals surface area contributed by atoms with Crippen LogP contribution in [0.2, 0.25) is 0 Å². The summed E-state index contributed by atoms with van der Waals surface area (Å²) >= 11 is 0. The van der Waals surface area contributed by atoms with Crippen molar-refractivity contribution < 1.29 is 14.6 Å². The first kappa shape index (κ1) is 14.5. The minimum absolute atomic E-state index is 0.264. The fraction of sp³-hybridized carbons (Fsp3) is 0.923. The van der Waals surface area contributed by atoms with E-state index in [1.807, 2.05) is 0 Å². The van der Waals surface area contributed by atoms with Gasteiger partial charge in [-0.3, -0.25) is 4.79 Å². The van der Waals surface area contributed by atoms with Crippen molar-refractivity contribution in [2.75, 3.05) is 26.3 Å². The van der Waals surface area contributed by atoms with Crippen molar-refractivity contribution in [2.24, 2.45) is 17.8 Å². The number of carboxylic acids is 1. The van der Waals surface area contributed by atoms with Gasteiger partial charge in [-0.2, -0.15) is 0 Å². The van der Waals surface area contributed by atoms with Gasteiger partial charge in [-0.25, -0.2) is 0 Å². The molecule has 0 saturated carbocycles. The number of hydrogen-bond donors (Lipinski definition) is 2. The molecule has 1 aliphatic rings. The second kappa shape index (κ2) is 7.67. The molecule has 4 heteroatoms. The van der Waals surface area contributed by atoms with E-state index in [9.17, 15) is 4.79 Å². The van der Waals surface area contributed by atoms with Gasteiger partial charge in [-0.05, 0) is 31.1 Å². The summed E-state index contributed by atoms with van der Waals surface area (Å²) in [6, 6.07) is 0. The Balaban J connectivity index is 2.19. The zero-order valence-corrected chi connectivity index (χ0v) is 10.9. The molecule has 1 heterocycles. The summed E-state index contributed by atoms with van der Waals surface area (Å²) in [4.78, 5) is 11.1. The Bertz CT molecular complexity index is 225. The van der Waals surface area contributed by atoms with Crippen LogP contribution in [-0.2, 0) is 9.53 Å². The molecule has 4 nitrogen and oxygen atoms in total. The van der Waals surface area contributed by atoms with Gasteiger partial charge in [0.25, 0.3) is 0 Å². The molecule has 0 aromatic rings. The average molecular weight is 243 g/mol. The molecule has 1 rings (SSSR count). The van der Waals surface area contributed by atoms with Crippen molar-refractivity contribution >= 4 is 5.97 Å². The number of aliphatic carboxylic acids is 1. The SMILES string of the molecule is CC(C)CC(CNCC1CCCOC1)C(=O)O. The molecule has 0 aromatic heterocycles. The largest absolute Gasteiger partial charge is 0.481 e. The summed E-state index contributed by atoms with van der Waals surface area (Å²) < 4.78 is 5.40. The smallest absolute Gasteiger partial charge is 0.307 e. The molecule has 0 radical (unpaired) electrons. The molecule has 17 heavy (non-hydrogen) atoms. The molecular weight excluding hydrogens is 218 g/mol. The molecule has 0 bridgehead atoms. The topological polar surface area (TPSA) is 58.6 Å². The number of ether oxygens (including phenoxy) is 1. The third-order valence-corrected chi connectivity index (χ3v) is 3.18. The standard InChI is InChI=1S/C13H25NO3/c1-10(2)6-12(13(15)16)8-14-7-11-4-3-5-17-9-11/h10-12,14H,3-9H2,1-2H3,(H,15,16). The van der Waals surface area contributed by atoms with Crippen molar-refractivity contribution in [3.63, 3.8) is 0 Å². The number of hydrogen-bond acceptors (Lipinski definition) is 3. The van der Waals surface area contributed by atoms with Crippen molar-refractivity contribution in [1.82, 2.24) is 5.32 Å². The third-order valence-electron chi connectivity index (χ3n) is 3.18. The van der Waals surface area contributed by atoms with Gasteiger partial charge in [0.2, 0.25) is 0 Å². The zero-order chi connectivity index (χ0) is 12.7. The van der Waals surface area contributed by atoms with Gasteiger partial charge in [0.15, 0.2) is 0 Å². The summed E-state index contributed by atoms with van der Waals surface area (Å²) in [5.41, 5.74) is 0. The average Bonchev–Trinajstić information content (AvgIpc) is 2.28. The Morgan fingerprint density at radius 1 is 1.53 bits per heavy atom. The molecule has 2 unspecified atom stereocenters. The number of rotatable bonds is 7. The lowest BCUT2D eigenvalue weighted by molar-refractivity contribution is -0.142. The molecule has 0 aromatic carbocycles. The molecule has 2 atom stereocenters. The van der Waals surface area contributed by atoms with Crippen LogP contribution >= 0.6 is 0 Å². The highest BCUT2D eigenvalue weighted by atomic mass is 16.5. The Kier molecular flexibility index (Phi) is 6.52. The summed E-state index contributed by atoms with van der Waals surface area (Å²) in [7, 11) is 0. The predicted octanol–water partition coefficient (Wildman–Crippen LogP) is 1.75. The first-order chi connectivity index (χ1) is 8.09. The highest BCUT2D eigenvalue weighted by molar-refractivity contribution is 5.70. The van der Waals surface area contributed by atoms with Crippen LogP contribution in [0.5, 0.6) is 0 Å². The lowest BCUT2D eigenvalue weighted by Gasteiger charge is -2.23. The number of carboxylic acid groups (broad SMARTS) is 1. The Morgan fingerprint density at radius 3 is 2.82 bits per heavy atom. The molecular formula is C13H25NO3. The van der Waals surface area contributed by atoms with Crippen LogP contribution in [0.15, 0.2) is 0 Å². The normalized spacial score (nSPS) is 22.6. The number of nitrogens with one attached hydrogen (secondary N) is 1. The zero-order valence-electron chi connectivity index (χ0n) is 10.9. The van der Waals surface area contributed by atoms with E-state index in [-0.39, 0.29) is 5.92 Å². The molecule has 1 saturated heterocycles. The van der Waals surface area contributed by atoms with E-state index in [4.69, 9.17) is 9.84 Å². The predicted molar refractivity (Wildman–Crippen MR) is 67.0 cm³/mol. The molecule has 100 valence electrons. The minimum Gasteiger partial charge on any atom is -0.481 e. The third kappa shape index (κ3) is 6.03. The van der Waals surface area contributed by atoms with Crippen LogP contribution < -0.4 is 5.32 Å². The highest BCUT2D eigenvalue weighted by Gasteiger charge is 2.19. The van der Waals surface area contributed by atoms with Gasteiger partial charge in [0.1, 0.15) is 0 Å². The maximum absolute atomic E-state index is 11.1. The van der Waals surface area contributed by atoms with E-state index in [2.05, 4.69) is 19.2 Å². The summed E-state index contributed by atoms with van der Waals surface area (Å²) in [5.74, 6) is 0.0266. The van der Waals surface area contributed by atoms with E-state index < -0.39 is 5.97 Å². The summed E-state index contributed by atoms with van der Waals surface area (Å²) in [6.07, 6.45) is 3.05. The monoisotopic (exact) mass is 243 g/mol. The molecule has 0 aliphatic carbocycles. The minimum atomic E-state index is -0.689. The van der Waals surface area contributed by atoms with Gasteiger partial charge < -0.3 is 15.2 Å². The van der Waals surface area contributed by atoms with Crippen LogP contribution in [0.1, 0.15) is 33.1 Å². The van der Waals surface area contributed by atoms with E-state index >= 15 is 0 Å². The molecule has 1 aliphatic heterocycles. The van der Waals surface area contributed by atoms with E-state index in [1.54, 1.807) is 0 Å². The maximum Gasteiger partial charge on any atom is 0.307 e. The molecule has 0 amide bonds. The Hall–Kier alpha value is -0.610. The molecule has 0 spiro atoms. The van der Waals surface area contributed by atoms with E-state index in [0.29, 0.717) is 18.4 Å². The van der Waals surface area contributed by atoms with Crippen molar-refractivity contribution in [3.8, 4) is 0 Å². The Labute approximate surface area is 104 Å². The van der Waals surface area contributed by atoms with Crippen LogP contribution in [0.3, 0.4) is 0 Å². The lowest BCUT2D eigenvalue weighted by atomic mass is 9.96. The van der Waals surface area contributed by atoms with Gasteiger partial charge in [0, 0.05) is 19.7 Å². The van der Waals surface area contributed by atoms with Crippen LogP contribution in [0.25, 0.3) is 0 Å². The summed E-state index contributed by atoms with van der Waals surface area (Å²) in [6.45, 7) is 7.26. The maximum atomic E-state index is 11.1. The van der Waals surface area contributed by atoms with Crippen LogP contribution in [0, 0.1) is 17.8 Å². The van der Waals surface area contributed by atoms with E-state index in [1.165, 1.54) is 6.42 Å². The van der Waals surface area contributed by atoms with Crippen molar-refractivity contribution in [3.05, 3.63) is 0 Å². The molecule has 1 fully saturated rings. The van der Waals surface area contributed by atoms with Gasteiger partial charge in [-0.1, -0.05) is 13.8 Å². The Morgan fingerprint density at radius 2 is 2.29 bits per heavy atom. The highest BCUT2D eigenvalue weighted by Crippen LogP contribution is 2.14. The fourth-order valence-corrected chi connectivity index (χ4v) is 2.27. The lowest BCUT2D eigenvalue weighted by Crippen LogP contribution is -2.35. The second-order valence-electron chi connectivity index (χ2n) is 5.41. The van der Waals surface area contributed by atoms with Crippen LogP contribution in [-0.4, -0.2) is 37.4 Å². The summed E-state index contributed by atoms with van der Waals surface area (Å²) in [5, 5.41) is 12.4. The first-order valence-electron chi connectivity index (χ1n) is 6.61. The van der Waals surface area contributed by atoms with Crippen molar-refractivity contribution in [1.29, 1.82) is 0 Å². The number of carbonyl (C=O) groups is 1. The van der Waals surface area contributed by atoms with Crippen LogP contribution in [0.4, 0.5) is 0 Å². The van der Waals surface area contributed by atoms with Crippen molar-refractivity contribution in [2.45, 2.75) is 33.1 Å². The van der Waals surface area contributed by atoms with Gasteiger partial charge >= 0.3 is 5.97 Å². The fourth-order valence-electron chi connectivity index (χ4n) is 2.27. The quantitative estimate of drug-likeness (QED) is 0.715. The first-order valence-corrected chi connectivity index (χ1v) is 6.61. The van der Waals surface area contributed by atoms with Gasteiger partial charge in [0.05, 0.1) is 12.5 Å². The second-order valence-corrected chi connectivity index (χ2v) is 5.41.